The maximum Gasteiger partial charge on any atom is 0.273 e. The van der Waals surface area contributed by atoms with E-state index in [1.165, 1.54) is 0 Å². The number of benzene rings is 2. The van der Waals surface area contributed by atoms with Crippen molar-refractivity contribution in [2.24, 2.45) is 7.05 Å². The molecule has 2 heterocycles. The first-order valence-electron chi connectivity index (χ1n) is 8.76. The molecule has 0 unspecified atom stereocenters. The summed E-state index contributed by atoms with van der Waals surface area (Å²) in [6, 6.07) is 18.5. The van der Waals surface area contributed by atoms with Crippen LogP contribution in [0, 0.1) is 0 Å². The third kappa shape index (κ3) is 3.50. The quantitative estimate of drug-likeness (QED) is 0.561. The molecule has 7 nitrogen and oxygen atoms in total. The fraction of sp³-hybridized carbons (Fsp3) is 0.0952. The summed E-state index contributed by atoms with van der Waals surface area (Å²) >= 11 is 0. The smallest absolute Gasteiger partial charge is 0.273 e. The maximum atomic E-state index is 12.2. The normalized spacial score (nSPS) is 10.8. The molecular weight excluding hydrogens is 356 g/mol. The Hall–Kier alpha value is -3.87. The van der Waals surface area contributed by atoms with Crippen molar-refractivity contribution < 1.29 is 14.1 Å². The molecule has 28 heavy (non-hydrogen) atoms. The Bertz CT molecular complexity index is 1140. The van der Waals surface area contributed by atoms with Gasteiger partial charge in [0.1, 0.15) is 0 Å². The monoisotopic (exact) mass is 374 g/mol. The SMILES string of the molecule is Cn1ccc2c(NC(=O)CNC(=O)c3cc(-c4ccccc4)on3)cccc21. The van der Waals surface area contributed by atoms with Crippen LogP contribution in [0.15, 0.2) is 71.4 Å². The first-order chi connectivity index (χ1) is 13.6. The second-order valence-electron chi connectivity index (χ2n) is 6.34. The van der Waals surface area contributed by atoms with Crippen molar-refractivity contribution in [2.45, 2.75) is 0 Å². The van der Waals surface area contributed by atoms with Gasteiger partial charge in [0.2, 0.25) is 5.91 Å². The lowest BCUT2D eigenvalue weighted by Crippen LogP contribution is -2.33. The molecule has 7 heteroatoms. The molecular formula is C21H18N4O3. The van der Waals surface area contributed by atoms with Crippen LogP contribution in [0.3, 0.4) is 0 Å². The van der Waals surface area contributed by atoms with Crippen molar-refractivity contribution in [1.82, 2.24) is 15.0 Å². The van der Waals surface area contributed by atoms with Crippen LogP contribution in [0.4, 0.5) is 5.69 Å². The summed E-state index contributed by atoms with van der Waals surface area (Å²) in [5, 5.41) is 10.1. The maximum absolute atomic E-state index is 12.2. The molecule has 2 aromatic carbocycles. The molecule has 0 spiro atoms. The molecule has 0 aliphatic carbocycles. The highest BCUT2D eigenvalue weighted by atomic mass is 16.5. The zero-order valence-electron chi connectivity index (χ0n) is 15.2. The molecule has 140 valence electrons. The van der Waals surface area contributed by atoms with Gasteiger partial charge in [0, 0.05) is 35.8 Å². The number of fused-ring (bicyclic) bond motifs is 1. The Morgan fingerprint density at radius 1 is 1.07 bits per heavy atom. The van der Waals surface area contributed by atoms with Crippen molar-refractivity contribution >= 4 is 28.4 Å². The van der Waals surface area contributed by atoms with Gasteiger partial charge in [-0.05, 0) is 18.2 Å². The van der Waals surface area contributed by atoms with Crippen molar-refractivity contribution in [2.75, 3.05) is 11.9 Å². The molecule has 0 aliphatic rings. The molecule has 0 radical (unpaired) electrons. The second-order valence-corrected chi connectivity index (χ2v) is 6.34. The number of nitrogens with one attached hydrogen (secondary N) is 2. The van der Waals surface area contributed by atoms with E-state index in [0.717, 1.165) is 16.5 Å². The van der Waals surface area contributed by atoms with E-state index >= 15 is 0 Å². The summed E-state index contributed by atoms with van der Waals surface area (Å²) in [5.41, 5.74) is 2.66. The number of nitrogens with zero attached hydrogens (tertiary/aromatic N) is 2. The molecule has 0 saturated carbocycles. The molecule has 0 atom stereocenters. The molecule has 0 bridgehead atoms. The summed E-state index contributed by atoms with van der Waals surface area (Å²) < 4.78 is 7.18. The van der Waals surface area contributed by atoms with E-state index in [4.69, 9.17) is 4.52 Å². The number of anilines is 1. The molecule has 4 rings (SSSR count). The predicted molar refractivity (Wildman–Crippen MR) is 106 cm³/mol. The van der Waals surface area contributed by atoms with Gasteiger partial charge in [0.15, 0.2) is 11.5 Å². The fourth-order valence-corrected chi connectivity index (χ4v) is 2.98. The highest BCUT2D eigenvalue weighted by Crippen LogP contribution is 2.23. The Labute approximate surface area is 160 Å². The number of rotatable bonds is 5. The van der Waals surface area contributed by atoms with E-state index in [1.54, 1.807) is 6.07 Å². The van der Waals surface area contributed by atoms with Crippen LogP contribution in [0.25, 0.3) is 22.2 Å². The largest absolute Gasteiger partial charge is 0.355 e. The van der Waals surface area contributed by atoms with Crippen LogP contribution in [0.2, 0.25) is 0 Å². The fourth-order valence-electron chi connectivity index (χ4n) is 2.98. The number of aryl methyl sites for hydroxylation is 1. The van der Waals surface area contributed by atoms with Gasteiger partial charge in [-0.1, -0.05) is 41.6 Å². The van der Waals surface area contributed by atoms with Crippen LogP contribution in [-0.4, -0.2) is 28.1 Å². The minimum Gasteiger partial charge on any atom is -0.355 e. The average Bonchev–Trinajstić information content (AvgIpc) is 3.35. The van der Waals surface area contributed by atoms with Gasteiger partial charge in [-0.2, -0.15) is 0 Å². The van der Waals surface area contributed by atoms with Crippen molar-refractivity contribution in [3.05, 3.63) is 72.6 Å². The zero-order chi connectivity index (χ0) is 19.5. The van der Waals surface area contributed by atoms with Crippen molar-refractivity contribution in [3.8, 4) is 11.3 Å². The van der Waals surface area contributed by atoms with E-state index in [0.29, 0.717) is 11.4 Å². The highest BCUT2D eigenvalue weighted by Gasteiger charge is 2.15. The van der Waals surface area contributed by atoms with Gasteiger partial charge in [0.25, 0.3) is 5.91 Å². The van der Waals surface area contributed by atoms with E-state index in [9.17, 15) is 9.59 Å². The molecule has 2 N–H and O–H groups in total. The van der Waals surface area contributed by atoms with Gasteiger partial charge in [-0.25, -0.2) is 0 Å². The lowest BCUT2D eigenvalue weighted by Gasteiger charge is -2.07. The van der Waals surface area contributed by atoms with Crippen LogP contribution >= 0.6 is 0 Å². The molecule has 0 aliphatic heterocycles. The number of hydrogen-bond acceptors (Lipinski definition) is 4. The van der Waals surface area contributed by atoms with Crippen LogP contribution < -0.4 is 10.6 Å². The Morgan fingerprint density at radius 2 is 1.89 bits per heavy atom. The third-order valence-electron chi connectivity index (χ3n) is 4.41. The summed E-state index contributed by atoms with van der Waals surface area (Å²) in [6.07, 6.45) is 1.93. The van der Waals surface area contributed by atoms with E-state index in [1.807, 2.05) is 72.4 Å². The lowest BCUT2D eigenvalue weighted by atomic mass is 10.1. The van der Waals surface area contributed by atoms with Gasteiger partial charge in [-0.3, -0.25) is 9.59 Å². The van der Waals surface area contributed by atoms with Crippen LogP contribution in [-0.2, 0) is 11.8 Å². The zero-order valence-corrected chi connectivity index (χ0v) is 15.2. The number of carbonyl (C=O) groups excluding carboxylic acids is 2. The predicted octanol–water partition coefficient (Wildman–Crippen LogP) is 3.20. The minimum absolute atomic E-state index is 0.122. The van der Waals surface area contributed by atoms with Gasteiger partial charge < -0.3 is 19.7 Å². The van der Waals surface area contributed by atoms with Crippen molar-refractivity contribution in [1.29, 1.82) is 0 Å². The summed E-state index contributed by atoms with van der Waals surface area (Å²) in [7, 11) is 1.94. The molecule has 2 amide bonds. The third-order valence-corrected chi connectivity index (χ3v) is 4.41. The first kappa shape index (κ1) is 17.5. The van der Waals surface area contributed by atoms with E-state index < -0.39 is 5.91 Å². The van der Waals surface area contributed by atoms with E-state index in [2.05, 4.69) is 15.8 Å². The number of carbonyl (C=O) groups is 2. The van der Waals surface area contributed by atoms with Gasteiger partial charge >= 0.3 is 0 Å². The first-order valence-corrected chi connectivity index (χ1v) is 8.76. The lowest BCUT2D eigenvalue weighted by molar-refractivity contribution is -0.115. The molecule has 2 aromatic heterocycles. The molecule has 4 aromatic rings. The minimum atomic E-state index is -0.473. The Kier molecular flexibility index (Phi) is 4.63. The number of amides is 2. The Morgan fingerprint density at radius 3 is 2.71 bits per heavy atom. The average molecular weight is 374 g/mol. The Balaban J connectivity index is 1.38. The van der Waals surface area contributed by atoms with Crippen molar-refractivity contribution in [3.63, 3.8) is 0 Å². The second kappa shape index (κ2) is 7.40. The summed E-state index contributed by atoms with van der Waals surface area (Å²) in [5.74, 6) is -0.304. The highest BCUT2D eigenvalue weighted by molar-refractivity contribution is 6.03. The standard InChI is InChI=1S/C21H18N4O3/c1-25-11-10-15-16(8-5-9-18(15)25)23-20(26)13-22-21(27)17-12-19(28-24-17)14-6-3-2-4-7-14/h2-12H,13H2,1H3,(H,22,27)(H,23,26). The van der Waals surface area contributed by atoms with Gasteiger partial charge in [0.05, 0.1) is 12.2 Å². The van der Waals surface area contributed by atoms with E-state index in [-0.39, 0.29) is 18.1 Å². The molecule has 0 saturated heterocycles. The number of aromatic nitrogens is 2. The summed E-state index contributed by atoms with van der Waals surface area (Å²) in [4.78, 5) is 24.5. The summed E-state index contributed by atoms with van der Waals surface area (Å²) in [6.45, 7) is -0.171. The van der Waals surface area contributed by atoms with Gasteiger partial charge in [-0.15, -0.1) is 0 Å². The molecule has 0 fully saturated rings. The topological polar surface area (TPSA) is 89.2 Å². The number of hydrogen-bond donors (Lipinski definition) is 2. The van der Waals surface area contributed by atoms with Crippen LogP contribution in [0.1, 0.15) is 10.5 Å². The van der Waals surface area contributed by atoms with Crippen LogP contribution in [0.5, 0.6) is 0 Å².